The first-order chi connectivity index (χ1) is 15.2. The van der Waals surface area contributed by atoms with E-state index in [-0.39, 0.29) is 11.5 Å². The molecule has 0 amide bonds. The normalized spacial score (nSPS) is 12.1. The van der Waals surface area contributed by atoms with E-state index >= 15 is 0 Å². The molecule has 3 aromatic carbocycles. The number of para-hydroxylation sites is 2. The maximum atomic E-state index is 12.9. The molecule has 1 atom stereocenters. The SMILES string of the molecule is CCCOc1ccccc1-c1nc2c(C(C)CCc3ccccc3)cccc2c(=O)[nH]1. The Morgan fingerprint density at radius 1 is 0.968 bits per heavy atom. The number of hydrogen-bond acceptors (Lipinski definition) is 3. The molecule has 1 heterocycles. The number of aromatic amines is 1. The number of aryl methyl sites for hydroxylation is 1. The summed E-state index contributed by atoms with van der Waals surface area (Å²) < 4.78 is 5.90. The Kier molecular flexibility index (Phi) is 6.46. The molecule has 0 bridgehead atoms. The van der Waals surface area contributed by atoms with E-state index in [1.807, 2.05) is 42.5 Å². The van der Waals surface area contributed by atoms with Gasteiger partial charge in [-0.3, -0.25) is 4.79 Å². The fourth-order valence-corrected chi connectivity index (χ4v) is 3.89. The molecular weight excluding hydrogens is 384 g/mol. The maximum Gasteiger partial charge on any atom is 0.259 e. The summed E-state index contributed by atoms with van der Waals surface area (Å²) in [5, 5.41) is 0.625. The van der Waals surface area contributed by atoms with Gasteiger partial charge in [0.1, 0.15) is 11.6 Å². The third-order valence-electron chi connectivity index (χ3n) is 5.61. The van der Waals surface area contributed by atoms with Gasteiger partial charge in [-0.1, -0.05) is 68.4 Å². The van der Waals surface area contributed by atoms with Crippen molar-refractivity contribution in [2.75, 3.05) is 6.61 Å². The van der Waals surface area contributed by atoms with Crippen molar-refractivity contribution < 1.29 is 4.74 Å². The van der Waals surface area contributed by atoms with E-state index < -0.39 is 0 Å². The van der Waals surface area contributed by atoms with Crippen LogP contribution in [0.5, 0.6) is 5.75 Å². The minimum atomic E-state index is -0.123. The fourth-order valence-electron chi connectivity index (χ4n) is 3.89. The third kappa shape index (κ3) is 4.69. The van der Waals surface area contributed by atoms with Crippen LogP contribution in [0.3, 0.4) is 0 Å². The molecule has 0 saturated carbocycles. The summed E-state index contributed by atoms with van der Waals surface area (Å²) >= 11 is 0. The quantitative estimate of drug-likeness (QED) is 0.379. The molecule has 0 saturated heterocycles. The van der Waals surface area contributed by atoms with Gasteiger partial charge in [0, 0.05) is 0 Å². The number of H-pyrrole nitrogens is 1. The largest absolute Gasteiger partial charge is 0.493 e. The van der Waals surface area contributed by atoms with Crippen LogP contribution in [0.2, 0.25) is 0 Å². The van der Waals surface area contributed by atoms with Crippen molar-refractivity contribution in [3.05, 3.63) is 94.3 Å². The van der Waals surface area contributed by atoms with Crippen molar-refractivity contribution in [1.29, 1.82) is 0 Å². The lowest BCUT2D eigenvalue weighted by molar-refractivity contribution is 0.318. The van der Waals surface area contributed by atoms with E-state index in [1.165, 1.54) is 5.56 Å². The van der Waals surface area contributed by atoms with Crippen LogP contribution in [0.1, 0.15) is 43.7 Å². The van der Waals surface area contributed by atoms with Crippen LogP contribution in [0.15, 0.2) is 77.6 Å². The van der Waals surface area contributed by atoms with Gasteiger partial charge in [0.25, 0.3) is 5.56 Å². The Morgan fingerprint density at radius 2 is 1.74 bits per heavy atom. The molecule has 0 aliphatic carbocycles. The van der Waals surface area contributed by atoms with E-state index in [0.29, 0.717) is 17.8 Å². The number of rotatable bonds is 8. The summed E-state index contributed by atoms with van der Waals surface area (Å²) in [5.74, 6) is 1.56. The van der Waals surface area contributed by atoms with Crippen molar-refractivity contribution in [3.63, 3.8) is 0 Å². The van der Waals surface area contributed by atoms with Gasteiger partial charge in [-0.2, -0.15) is 0 Å². The molecule has 0 radical (unpaired) electrons. The van der Waals surface area contributed by atoms with E-state index in [2.05, 4.69) is 49.2 Å². The van der Waals surface area contributed by atoms with Crippen molar-refractivity contribution in [3.8, 4) is 17.1 Å². The topological polar surface area (TPSA) is 55.0 Å². The van der Waals surface area contributed by atoms with E-state index in [4.69, 9.17) is 9.72 Å². The highest BCUT2D eigenvalue weighted by Gasteiger charge is 2.16. The van der Waals surface area contributed by atoms with Gasteiger partial charge >= 0.3 is 0 Å². The zero-order valence-electron chi connectivity index (χ0n) is 18.1. The van der Waals surface area contributed by atoms with Gasteiger partial charge in [-0.05, 0) is 54.5 Å². The van der Waals surface area contributed by atoms with Gasteiger partial charge in [-0.25, -0.2) is 4.98 Å². The van der Waals surface area contributed by atoms with Gasteiger partial charge in [0.2, 0.25) is 0 Å². The minimum absolute atomic E-state index is 0.123. The molecule has 1 aromatic heterocycles. The zero-order valence-corrected chi connectivity index (χ0v) is 18.1. The predicted molar refractivity (Wildman–Crippen MR) is 127 cm³/mol. The Balaban J connectivity index is 1.72. The summed E-state index contributed by atoms with van der Waals surface area (Å²) in [4.78, 5) is 20.8. The minimum Gasteiger partial charge on any atom is -0.493 e. The molecule has 1 unspecified atom stereocenters. The second-order valence-electron chi connectivity index (χ2n) is 7.93. The van der Waals surface area contributed by atoms with Crippen molar-refractivity contribution in [2.45, 2.75) is 39.0 Å². The van der Waals surface area contributed by atoms with Crippen LogP contribution in [0, 0.1) is 0 Å². The third-order valence-corrected chi connectivity index (χ3v) is 5.61. The highest BCUT2D eigenvalue weighted by Crippen LogP contribution is 2.30. The van der Waals surface area contributed by atoms with Crippen LogP contribution in [0.4, 0.5) is 0 Å². The first-order valence-corrected chi connectivity index (χ1v) is 11.0. The predicted octanol–water partition coefficient (Wildman–Crippen LogP) is 6.12. The zero-order chi connectivity index (χ0) is 21.6. The Labute approximate surface area is 182 Å². The Hall–Kier alpha value is -3.40. The smallest absolute Gasteiger partial charge is 0.259 e. The summed E-state index contributed by atoms with van der Waals surface area (Å²) in [6.07, 6.45) is 2.89. The molecule has 31 heavy (non-hydrogen) atoms. The molecule has 0 spiro atoms. The lowest BCUT2D eigenvalue weighted by atomic mass is 9.92. The van der Waals surface area contributed by atoms with E-state index in [1.54, 1.807) is 0 Å². The molecule has 1 N–H and O–H groups in total. The lowest BCUT2D eigenvalue weighted by Crippen LogP contribution is -2.12. The molecule has 0 fully saturated rings. The van der Waals surface area contributed by atoms with Gasteiger partial charge in [0.05, 0.1) is 23.1 Å². The standard InChI is InChI=1S/C27H28N2O2/c1-3-18-31-24-15-8-7-12-22(24)26-28-25-21(13-9-14-23(25)27(30)29-26)19(2)16-17-20-10-5-4-6-11-20/h4-15,19H,3,16-18H2,1-2H3,(H,28,29,30). The summed E-state index contributed by atoms with van der Waals surface area (Å²) in [7, 11) is 0. The Morgan fingerprint density at radius 3 is 2.55 bits per heavy atom. The number of hydrogen-bond donors (Lipinski definition) is 1. The molecule has 158 valence electrons. The molecule has 4 aromatic rings. The number of benzene rings is 3. The average molecular weight is 413 g/mol. The van der Waals surface area contributed by atoms with Crippen molar-refractivity contribution >= 4 is 10.9 Å². The second kappa shape index (κ2) is 9.61. The number of nitrogens with one attached hydrogen (secondary N) is 1. The molecular formula is C27H28N2O2. The number of nitrogens with zero attached hydrogens (tertiary/aromatic N) is 1. The molecule has 0 aliphatic heterocycles. The monoisotopic (exact) mass is 412 g/mol. The van der Waals surface area contributed by atoms with Crippen molar-refractivity contribution in [1.82, 2.24) is 9.97 Å². The van der Waals surface area contributed by atoms with Gasteiger partial charge in [0.15, 0.2) is 0 Å². The van der Waals surface area contributed by atoms with Crippen LogP contribution in [-0.4, -0.2) is 16.6 Å². The second-order valence-corrected chi connectivity index (χ2v) is 7.93. The van der Waals surface area contributed by atoms with Gasteiger partial charge in [-0.15, -0.1) is 0 Å². The van der Waals surface area contributed by atoms with Crippen LogP contribution < -0.4 is 10.3 Å². The average Bonchev–Trinajstić information content (AvgIpc) is 2.81. The fraction of sp³-hybridized carbons (Fsp3) is 0.259. The van der Waals surface area contributed by atoms with Crippen LogP contribution in [0.25, 0.3) is 22.3 Å². The van der Waals surface area contributed by atoms with Crippen LogP contribution >= 0.6 is 0 Å². The lowest BCUT2D eigenvalue weighted by Gasteiger charge is -2.15. The molecule has 4 rings (SSSR count). The molecule has 0 aliphatic rings. The first-order valence-electron chi connectivity index (χ1n) is 11.0. The van der Waals surface area contributed by atoms with E-state index in [9.17, 15) is 4.79 Å². The molecule has 4 heteroatoms. The number of ether oxygens (including phenoxy) is 1. The number of aromatic nitrogens is 2. The summed E-state index contributed by atoms with van der Waals surface area (Å²) in [5.41, 5.74) is 3.88. The highest BCUT2D eigenvalue weighted by atomic mass is 16.5. The van der Waals surface area contributed by atoms with Gasteiger partial charge < -0.3 is 9.72 Å². The highest BCUT2D eigenvalue weighted by molar-refractivity contribution is 5.83. The van der Waals surface area contributed by atoms with E-state index in [0.717, 1.165) is 41.7 Å². The Bertz CT molecular complexity index is 1210. The maximum absolute atomic E-state index is 12.9. The van der Waals surface area contributed by atoms with Crippen LogP contribution in [-0.2, 0) is 6.42 Å². The number of fused-ring (bicyclic) bond motifs is 1. The first kappa shape index (κ1) is 20.9. The summed E-state index contributed by atoms with van der Waals surface area (Å²) in [6.45, 7) is 4.90. The molecule has 4 nitrogen and oxygen atoms in total. The summed E-state index contributed by atoms with van der Waals surface area (Å²) in [6, 6.07) is 24.1. The van der Waals surface area contributed by atoms with Crippen molar-refractivity contribution in [2.24, 2.45) is 0 Å².